The van der Waals surface area contributed by atoms with Gasteiger partial charge in [0.15, 0.2) is 6.10 Å². The van der Waals surface area contributed by atoms with E-state index in [0.717, 1.165) is 10.0 Å². The van der Waals surface area contributed by atoms with Gasteiger partial charge in [0, 0.05) is 22.6 Å². The Balaban J connectivity index is 2.75. The molecule has 4 nitrogen and oxygen atoms in total. The van der Waals surface area contributed by atoms with E-state index >= 15 is 0 Å². The molecule has 0 saturated carbocycles. The molecule has 0 heterocycles. The highest BCUT2D eigenvalue weighted by molar-refractivity contribution is 9.10. The van der Waals surface area contributed by atoms with Crippen molar-refractivity contribution in [2.75, 3.05) is 0 Å². The Hall–Kier alpha value is -1.07. The number of benzene rings is 1. The van der Waals surface area contributed by atoms with Crippen molar-refractivity contribution >= 4 is 21.8 Å². The predicted molar refractivity (Wildman–Crippen MR) is 75.4 cm³/mol. The lowest BCUT2D eigenvalue weighted by Gasteiger charge is -2.18. The molecule has 1 atom stereocenters. The fourth-order valence-corrected chi connectivity index (χ4v) is 1.88. The number of nitrogens with one attached hydrogen (secondary N) is 1. The van der Waals surface area contributed by atoms with Crippen LogP contribution in [0.1, 0.15) is 26.3 Å². The van der Waals surface area contributed by atoms with E-state index in [9.17, 15) is 4.79 Å². The summed E-state index contributed by atoms with van der Waals surface area (Å²) in [6.45, 7) is 5.92. The quantitative estimate of drug-likeness (QED) is 0.875. The topological polar surface area (TPSA) is 64.3 Å². The number of nitrogens with two attached hydrogens (primary N) is 1. The van der Waals surface area contributed by atoms with Crippen LogP contribution in [0.2, 0.25) is 0 Å². The maximum atomic E-state index is 11.7. The summed E-state index contributed by atoms with van der Waals surface area (Å²) in [5, 5.41) is 2.81. The van der Waals surface area contributed by atoms with Crippen LogP contribution in [0.25, 0.3) is 0 Å². The fraction of sp³-hybridized carbons (Fsp3) is 0.462. The molecule has 0 spiro atoms. The first kappa shape index (κ1) is 15.0. The number of amides is 1. The third kappa shape index (κ3) is 4.31. The average Bonchev–Trinajstić information content (AvgIpc) is 2.30. The molecule has 0 aliphatic rings. The van der Waals surface area contributed by atoms with E-state index in [1.54, 1.807) is 6.92 Å². The lowest BCUT2D eigenvalue weighted by atomic mass is 10.2. The molecule has 0 aliphatic heterocycles. The van der Waals surface area contributed by atoms with Crippen LogP contribution in [-0.4, -0.2) is 18.1 Å². The van der Waals surface area contributed by atoms with E-state index in [1.165, 1.54) is 0 Å². The summed E-state index contributed by atoms with van der Waals surface area (Å²) >= 11 is 3.37. The highest BCUT2D eigenvalue weighted by Crippen LogP contribution is 2.23. The number of rotatable bonds is 5. The fourth-order valence-electron chi connectivity index (χ4n) is 1.47. The van der Waals surface area contributed by atoms with Crippen LogP contribution >= 0.6 is 15.9 Å². The van der Waals surface area contributed by atoms with Gasteiger partial charge in [0.1, 0.15) is 5.75 Å². The van der Waals surface area contributed by atoms with Gasteiger partial charge >= 0.3 is 0 Å². The Morgan fingerprint density at radius 1 is 1.44 bits per heavy atom. The molecular formula is C13H19BrN2O2. The predicted octanol–water partition coefficient (Wildman–Crippen LogP) is 2.20. The van der Waals surface area contributed by atoms with E-state index in [2.05, 4.69) is 21.2 Å². The van der Waals surface area contributed by atoms with Gasteiger partial charge in [-0.2, -0.15) is 0 Å². The van der Waals surface area contributed by atoms with Crippen molar-refractivity contribution in [3.05, 3.63) is 28.2 Å². The van der Waals surface area contributed by atoms with E-state index in [-0.39, 0.29) is 11.9 Å². The van der Waals surface area contributed by atoms with Crippen LogP contribution in [0.5, 0.6) is 5.75 Å². The summed E-state index contributed by atoms with van der Waals surface area (Å²) in [7, 11) is 0. The standard InChI is InChI=1S/C13H19BrN2O2/c1-8(2)16-13(17)9(3)18-12-5-4-11(14)6-10(12)7-15/h4-6,8-9H,7,15H2,1-3H3,(H,16,17). The summed E-state index contributed by atoms with van der Waals surface area (Å²) in [5.74, 6) is 0.517. The lowest BCUT2D eigenvalue weighted by molar-refractivity contribution is -0.127. The summed E-state index contributed by atoms with van der Waals surface area (Å²) in [4.78, 5) is 11.7. The van der Waals surface area contributed by atoms with Gasteiger partial charge in [0.05, 0.1) is 0 Å². The van der Waals surface area contributed by atoms with E-state index in [4.69, 9.17) is 10.5 Å². The zero-order valence-electron chi connectivity index (χ0n) is 10.9. The molecule has 1 amide bonds. The third-order valence-corrected chi connectivity index (χ3v) is 2.84. The van der Waals surface area contributed by atoms with E-state index in [0.29, 0.717) is 12.3 Å². The van der Waals surface area contributed by atoms with Gasteiger partial charge in [-0.15, -0.1) is 0 Å². The van der Waals surface area contributed by atoms with Crippen molar-refractivity contribution in [2.24, 2.45) is 5.73 Å². The summed E-state index contributed by atoms with van der Waals surface area (Å²) in [6, 6.07) is 5.66. The molecule has 3 N–H and O–H groups in total. The van der Waals surface area contributed by atoms with Crippen molar-refractivity contribution in [2.45, 2.75) is 39.5 Å². The van der Waals surface area contributed by atoms with E-state index < -0.39 is 6.10 Å². The second-order valence-corrected chi connectivity index (χ2v) is 5.30. The Morgan fingerprint density at radius 3 is 2.67 bits per heavy atom. The molecule has 0 fully saturated rings. The maximum absolute atomic E-state index is 11.7. The normalized spacial score (nSPS) is 12.3. The molecule has 5 heteroatoms. The van der Waals surface area contributed by atoms with Gasteiger partial charge in [-0.3, -0.25) is 4.79 Å². The lowest BCUT2D eigenvalue weighted by Crippen LogP contribution is -2.40. The first-order chi connectivity index (χ1) is 8.43. The minimum atomic E-state index is -0.543. The van der Waals surface area contributed by atoms with Gasteiger partial charge in [0.25, 0.3) is 5.91 Å². The SMILES string of the molecule is CC(C)NC(=O)C(C)Oc1ccc(Br)cc1CN. The smallest absolute Gasteiger partial charge is 0.260 e. The first-order valence-corrected chi connectivity index (χ1v) is 6.69. The molecule has 1 rings (SSSR count). The van der Waals surface area contributed by atoms with E-state index in [1.807, 2.05) is 32.0 Å². The van der Waals surface area contributed by atoms with Gasteiger partial charge in [0.2, 0.25) is 0 Å². The Kier molecular flexibility index (Phi) is 5.62. The summed E-state index contributed by atoms with van der Waals surface area (Å²) < 4.78 is 6.58. The molecule has 1 aromatic rings. The minimum absolute atomic E-state index is 0.0995. The molecule has 100 valence electrons. The van der Waals surface area contributed by atoms with Crippen molar-refractivity contribution in [3.8, 4) is 5.75 Å². The summed E-state index contributed by atoms with van der Waals surface area (Å²) in [5.41, 5.74) is 6.52. The largest absolute Gasteiger partial charge is 0.481 e. The van der Waals surface area contributed by atoms with Crippen molar-refractivity contribution < 1.29 is 9.53 Å². The van der Waals surface area contributed by atoms with Crippen LogP contribution in [0, 0.1) is 0 Å². The van der Waals surface area contributed by atoms with Gasteiger partial charge in [-0.1, -0.05) is 15.9 Å². The van der Waals surface area contributed by atoms with Crippen molar-refractivity contribution in [1.29, 1.82) is 0 Å². The Morgan fingerprint density at radius 2 is 2.11 bits per heavy atom. The molecule has 0 aliphatic carbocycles. The molecule has 18 heavy (non-hydrogen) atoms. The van der Waals surface area contributed by atoms with Crippen LogP contribution in [0.4, 0.5) is 0 Å². The molecule has 0 radical (unpaired) electrons. The summed E-state index contributed by atoms with van der Waals surface area (Å²) in [6.07, 6.45) is -0.543. The molecule has 0 aromatic heterocycles. The minimum Gasteiger partial charge on any atom is -0.481 e. The zero-order valence-corrected chi connectivity index (χ0v) is 12.5. The number of ether oxygens (including phenoxy) is 1. The second kappa shape index (κ2) is 6.75. The Bertz CT molecular complexity index is 421. The molecular weight excluding hydrogens is 296 g/mol. The molecule has 1 aromatic carbocycles. The zero-order chi connectivity index (χ0) is 13.7. The number of hydrogen-bond acceptors (Lipinski definition) is 3. The van der Waals surface area contributed by atoms with Crippen molar-refractivity contribution in [1.82, 2.24) is 5.32 Å². The number of carbonyl (C=O) groups excluding carboxylic acids is 1. The number of carbonyl (C=O) groups is 1. The van der Waals surface area contributed by atoms with Crippen molar-refractivity contribution in [3.63, 3.8) is 0 Å². The highest BCUT2D eigenvalue weighted by atomic mass is 79.9. The van der Waals surface area contributed by atoms with Crippen LogP contribution < -0.4 is 15.8 Å². The third-order valence-electron chi connectivity index (χ3n) is 2.35. The first-order valence-electron chi connectivity index (χ1n) is 5.89. The molecule has 0 saturated heterocycles. The number of hydrogen-bond donors (Lipinski definition) is 2. The number of halogens is 1. The average molecular weight is 315 g/mol. The van der Waals surface area contributed by atoms with Gasteiger partial charge in [-0.05, 0) is 39.0 Å². The highest BCUT2D eigenvalue weighted by Gasteiger charge is 2.16. The van der Waals surface area contributed by atoms with Gasteiger partial charge in [-0.25, -0.2) is 0 Å². The Labute approximate surface area is 116 Å². The second-order valence-electron chi connectivity index (χ2n) is 4.38. The van der Waals surface area contributed by atoms with Crippen LogP contribution in [0.15, 0.2) is 22.7 Å². The maximum Gasteiger partial charge on any atom is 0.260 e. The van der Waals surface area contributed by atoms with Gasteiger partial charge < -0.3 is 15.8 Å². The van der Waals surface area contributed by atoms with Crippen LogP contribution in [0.3, 0.4) is 0 Å². The molecule has 0 bridgehead atoms. The molecule has 1 unspecified atom stereocenters. The van der Waals surface area contributed by atoms with Crippen LogP contribution in [-0.2, 0) is 11.3 Å². The monoisotopic (exact) mass is 314 g/mol.